The smallest absolute Gasteiger partial charge is 0.266 e. The fourth-order valence-electron chi connectivity index (χ4n) is 2.86. The lowest BCUT2D eigenvalue weighted by atomic mass is 10.1. The number of hydrogen-bond donors (Lipinski definition) is 0. The van der Waals surface area contributed by atoms with Gasteiger partial charge in [-0.15, -0.1) is 12.4 Å². The van der Waals surface area contributed by atoms with Gasteiger partial charge in [-0.1, -0.05) is 29.5 Å². The van der Waals surface area contributed by atoms with E-state index in [1.165, 1.54) is 22.3 Å². The molecule has 0 saturated heterocycles. The summed E-state index contributed by atoms with van der Waals surface area (Å²) in [6, 6.07) is 9.23. The zero-order valence-electron chi connectivity index (χ0n) is 15.9. The number of benzene rings is 2. The molecule has 0 spiro atoms. The van der Waals surface area contributed by atoms with E-state index in [2.05, 4.69) is 4.98 Å². The lowest BCUT2D eigenvalue weighted by Crippen LogP contribution is -2.34. The van der Waals surface area contributed by atoms with Crippen LogP contribution in [0.4, 0.5) is 13.9 Å². The minimum absolute atomic E-state index is 0. The minimum atomic E-state index is -0.866. The lowest BCUT2D eigenvalue weighted by molar-refractivity contribution is 0.0978. The van der Waals surface area contributed by atoms with E-state index in [-0.39, 0.29) is 12.4 Å². The van der Waals surface area contributed by atoms with E-state index in [0.717, 1.165) is 34.5 Å². The molecular weight excluding hydrogens is 404 g/mol. The van der Waals surface area contributed by atoms with Gasteiger partial charge < -0.3 is 4.90 Å². The van der Waals surface area contributed by atoms with E-state index in [1.54, 1.807) is 0 Å². The number of carbonyl (C=O) groups is 1. The average Bonchev–Trinajstić information content (AvgIpc) is 3.03. The molecule has 1 aromatic heterocycles. The first kappa shape index (κ1) is 22.2. The predicted molar refractivity (Wildman–Crippen MR) is 113 cm³/mol. The largest absolute Gasteiger partial charge is 0.309 e. The number of aromatic nitrogens is 1. The summed E-state index contributed by atoms with van der Waals surface area (Å²) in [6.45, 7) is 3.01. The molecule has 0 fully saturated rings. The van der Waals surface area contributed by atoms with Crippen molar-refractivity contribution < 1.29 is 13.6 Å². The van der Waals surface area contributed by atoms with Gasteiger partial charge in [-0.05, 0) is 57.7 Å². The first-order chi connectivity index (χ1) is 12.9. The Morgan fingerprint density at radius 3 is 2.32 bits per heavy atom. The Balaban J connectivity index is 0.00000280. The number of halogens is 3. The average molecular weight is 426 g/mol. The van der Waals surface area contributed by atoms with Crippen LogP contribution in [0.5, 0.6) is 0 Å². The Labute approximate surface area is 173 Å². The normalized spacial score (nSPS) is 10.9. The van der Waals surface area contributed by atoms with Crippen LogP contribution in [0.15, 0.2) is 36.4 Å². The predicted octanol–water partition coefficient (Wildman–Crippen LogP) is 4.90. The number of carbonyl (C=O) groups excluding carboxylic acids is 1. The van der Waals surface area contributed by atoms with Crippen LogP contribution < -0.4 is 4.90 Å². The fraction of sp³-hybridized carbons (Fsp3) is 0.300. The van der Waals surface area contributed by atoms with E-state index in [9.17, 15) is 13.6 Å². The third-order valence-corrected chi connectivity index (χ3v) is 5.29. The van der Waals surface area contributed by atoms with Crippen molar-refractivity contribution in [2.75, 3.05) is 32.1 Å². The highest BCUT2D eigenvalue weighted by Gasteiger charge is 2.26. The van der Waals surface area contributed by atoms with Crippen molar-refractivity contribution in [3.05, 3.63) is 59.2 Å². The van der Waals surface area contributed by atoms with Gasteiger partial charge in [0, 0.05) is 6.54 Å². The zero-order valence-corrected chi connectivity index (χ0v) is 17.5. The molecular formula is C20H22ClF2N3OS. The standard InChI is InChI=1S/C20H21F2N3OS.ClH/c1-13-7-4-10-16-18(13)23-20(27-16)25(12-6-11-24(2)3)19(26)17-14(21)8-5-9-15(17)22;/h4-5,7-10H,6,11-12H2,1-3H3;1H. The van der Waals surface area contributed by atoms with Gasteiger partial charge in [-0.25, -0.2) is 13.8 Å². The van der Waals surface area contributed by atoms with Gasteiger partial charge in [0.05, 0.1) is 10.2 Å². The number of amides is 1. The number of fused-ring (bicyclic) bond motifs is 1. The van der Waals surface area contributed by atoms with Crippen molar-refractivity contribution >= 4 is 45.0 Å². The van der Waals surface area contributed by atoms with Gasteiger partial charge in [-0.2, -0.15) is 0 Å². The van der Waals surface area contributed by atoms with E-state index in [4.69, 9.17) is 0 Å². The third-order valence-electron chi connectivity index (χ3n) is 4.25. The summed E-state index contributed by atoms with van der Waals surface area (Å²) >= 11 is 1.35. The van der Waals surface area contributed by atoms with Crippen molar-refractivity contribution in [2.24, 2.45) is 0 Å². The molecule has 0 aliphatic rings. The van der Waals surface area contributed by atoms with Crippen molar-refractivity contribution in [2.45, 2.75) is 13.3 Å². The Morgan fingerprint density at radius 2 is 1.71 bits per heavy atom. The van der Waals surface area contributed by atoms with E-state index in [0.29, 0.717) is 18.1 Å². The monoisotopic (exact) mass is 425 g/mol. The topological polar surface area (TPSA) is 36.4 Å². The van der Waals surface area contributed by atoms with Gasteiger partial charge in [0.1, 0.15) is 17.2 Å². The van der Waals surface area contributed by atoms with Crippen molar-refractivity contribution in [1.82, 2.24) is 9.88 Å². The highest BCUT2D eigenvalue weighted by atomic mass is 35.5. The Hall–Kier alpha value is -2.09. The first-order valence-electron chi connectivity index (χ1n) is 8.65. The zero-order chi connectivity index (χ0) is 19.6. The molecule has 0 aliphatic heterocycles. The van der Waals surface area contributed by atoms with Crippen LogP contribution in [0.2, 0.25) is 0 Å². The van der Waals surface area contributed by atoms with Gasteiger partial charge in [0.25, 0.3) is 5.91 Å². The second-order valence-corrected chi connectivity index (χ2v) is 7.64. The summed E-state index contributed by atoms with van der Waals surface area (Å²) in [4.78, 5) is 21.0. The molecule has 3 rings (SSSR count). The fourth-order valence-corrected chi connectivity index (χ4v) is 3.92. The second-order valence-electron chi connectivity index (χ2n) is 6.63. The van der Waals surface area contributed by atoms with Crippen LogP contribution in [0, 0.1) is 18.6 Å². The molecule has 0 atom stereocenters. The van der Waals surface area contributed by atoms with Crippen LogP contribution >= 0.6 is 23.7 Å². The second kappa shape index (κ2) is 9.41. The Morgan fingerprint density at radius 1 is 1.07 bits per heavy atom. The van der Waals surface area contributed by atoms with Crippen LogP contribution in [0.1, 0.15) is 22.3 Å². The molecule has 3 aromatic rings. The van der Waals surface area contributed by atoms with Gasteiger partial charge in [-0.3, -0.25) is 9.69 Å². The molecule has 1 heterocycles. The molecule has 2 aromatic carbocycles. The van der Waals surface area contributed by atoms with Gasteiger partial charge in [0.15, 0.2) is 5.13 Å². The quantitative estimate of drug-likeness (QED) is 0.563. The molecule has 0 saturated carbocycles. The van der Waals surface area contributed by atoms with Crippen LogP contribution in [0.3, 0.4) is 0 Å². The highest BCUT2D eigenvalue weighted by molar-refractivity contribution is 7.22. The van der Waals surface area contributed by atoms with Crippen LogP contribution in [-0.2, 0) is 0 Å². The van der Waals surface area contributed by atoms with Crippen molar-refractivity contribution in [1.29, 1.82) is 0 Å². The van der Waals surface area contributed by atoms with E-state index < -0.39 is 23.1 Å². The summed E-state index contributed by atoms with van der Waals surface area (Å²) in [5.41, 5.74) is 1.25. The summed E-state index contributed by atoms with van der Waals surface area (Å²) in [5, 5.41) is 0.450. The number of nitrogens with zero attached hydrogens (tertiary/aromatic N) is 3. The molecule has 0 radical (unpaired) electrons. The number of hydrogen-bond acceptors (Lipinski definition) is 4. The molecule has 4 nitrogen and oxygen atoms in total. The maximum atomic E-state index is 14.2. The third kappa shape index (κ3) is 4.66. The maximum Gasteiger partial charge on any atom is 0.266 e. The summed E-state index contributed by atoms with van der Waals surface area (Å²) in [5.74, 6) is -2.44. The molecule has 150 valence electrons. The molecule has 0 N–H and O–H groups in total. The van der Waals surface area contributed by atoms with E-state index >= 15 is 0 Å². The highest BCUT2D eigenvalue weighted by Crippen LogP contribution is 2.32. The summed E-state index contributed by atoms with van der Waals surface area (Å²) < 4.78 is 29.3. The maximum absolute atomic E-state index is 14.2. The lowest BCUT2D eigenvalue weighted by Gasteiger charge is -2.21. The SMILES string of the molecule is Cc1cccc2sc(N(CCCN(C)C)C(=O)c3c(F)cccc3F)nc12.Cl. The number of rotatable bonds is 6. The molecule has 8 heteroatoms. The van der Waals surface area contributed by atoms with Crippen LogP contribution in [0.25, 0.3) is 10.2 Å². The van der Waals surface area contributed by atoms with Gasteiger partial charge >= 0.3 is 0 Å². The first-order valence-corrected chi connectivity index (χ1v) is 9.47. The molecule has 28 heavy (non-hydrogen) atoms. The number of thiazole rings is 1. The van der Waals surface area contributed by atoms with Crippen molar-refractivity contribution in [3.8, 4) is 0 Å². The summed E-state index contributed by atoms with van der Waals surface area (Å²) in [6.07, 6.45) is 0.656. The van der Waals surface area contributed by atoms with Crippen molar-refractivity contribution in [3.63, 3.8) is 0 Å². The number of para-hydroxylation sites is 1. The van der Waals surface area contributed by atoms with E-state index in [1.807, 2.05) is 44.1 Å². The molecule has 0 aliphatic carbocycles. The summed E-state index contributed by atoms with van der Waals surface area (Å²) in [7, 11) is 3.87. The molecule has 1 amide bonds. The number of aryl methyl sites for hydroxylation is 1. The van der Waals surface area contributed by atoms with Gasteiger partial charge in [0.2, 0.25) is 0 Å². The minimum Gasteiger partial charge on any atom is -0.309 e. The van der Waals surface area contributed by atoms with Crippen LogP contribution in [-0.4, -0.2) is 43.0 Å². The Bertz CT molecular complexity index is 957. The molecule has 0 unspecified atom stereocenters. The number of anilines is 1. The Kier molecular flexibility index (Phi) is 7.46. The molecule has 0 bridgehead atoms.